The second-order valence-corrected chi connectivity index (χ2v) is 7.27. The molecule has 0 radical (unpaired) electrons. The first-order valence-corrected chi connectivity index (χ1v) is 8.44. The summed E-state index contributed by atoms with van der Waals surface area (Å²) < 4.78 is 0.920. The molecule has 20 heavy (non-hydrogen) atoms. The van der Waals surface area contributed by atoms with Crippen LogP contribution in [0.25, 0.3) is 0 Å². The predicted molar refractivity (Wildman–Crippen MR) is 86.5 cm³/mol. The van der Waals surface area contributed by atoms with E-state index in [4.69, 9.17) is 0 Å². The lowest BCUT2D eigenvalue weighted by Gasteiger charge is -2.40. The van der Waals surface area contributed by atoms with Crippen LogP contribution in [-0.4, -0.2) is 18.9 Å². The molecule has 1 spiro atoms. The average molecular weight is 336 g/mol. The van der Waals surface area contributed by atoms with Crippen molar-refractivity contribution >= 4 is 27.4 Å². The molecule has 0 amide bonds. The largest absolute Gasteiger partial charge is 0.371 e. The maximum atomic E-state index is 11.5. The minimum atomic E-state index is 0.118. The highest BCUT2D eigenvalue weighted by Crippen LogP contribution is 2.46. The standard InChI is InChI=1S/C17H22BrNO/c1-13(20)15-5-4-14(12-16(15)18)19-10-8-17(9-11-19)6-2-3-7-17/h4-5,12H,2-3,6-11H2,1H3. The summed E-state index contributed by atoms with van der Waals surface area (Å²) in [5.41, 5.74) is 2.68. The van der Waals surface area contributed by atoms with Crippen LogP contribution in [0, 0.1) is 5.41 Å². The summed E-state index contributed by atoms with van der Waals surface area (Å²) in [6.45, 7) is 3.93. The fourth-order valence-corrected chi connectivity index (χ4v) is 4.50. The van der Waals surface area contributed by atoms with Crippen molar-refractivity contribution in [3.05, 3.63) is 28.2 Å². The predicted octanol–water partition coefficient (Wildman–Crippen LogP) is 4.81. The quantitative estimate of drug-likeness (QED) is 0.722. The number of benzene rings is 1. The Morgan fingerprint density at radius 2 is 1.80 bits per heavy atom. The van der Waals surface area contributed by atoms with Gasteiger partial charge in [-0.15, -0.1) is 0 Å². The van der Waals surface area contributed by atoms with Crippen molar-refractivity contribution in [3.8, 4) is 0 Å². The van der Waals surface area contributed by atoms with Crippen molar-refractivity contribution < 1.29 is 4.79 Å². The van der Waals surface area contributed by atoms with Gasteiger partial charge in [0.25, 0.3) is 0 Å². The van der Waals surface area contributed by atoms with Crippen molar-refractivity contribution in [3.63, 3.8) is 0 Å². The zero-order valence-electron chi connectivity index (χ0n) is 12.1. The van der Waals surface area contributed by atoms with Gasteiger partial charge in [0.15, 0.2) is 5.78 Å². The zero-order chi connectivity index (χ0) is 14.2. The molecular weight excluding hydrogens is 314 g/mol. The third-order valence-electron chi connectivity index (χ3n) is 5.19. The first-order chi connectivity index (χ1) is 9.60. The lowest BCUT2D eigenvalue weighted by atomic mass is 9.77. The van der Waals surface area contributed by atoms with E-state index in [1.165, 1.54) is 44.2 Å². The fourth-order valence-electron chi connectivity index (χ4n) is 3.85. The van der Waals surface area contributed by atoms with E-state index in [0.29, 0.717) is 5.41 Å². The third-order valence-corrected chi connectivity index (χ3v) is 5.84. The lowest BCUT2D eigenvalue weighted by Crippen LogP contribution is -2.38. The zero-order valence-corrected chi connectivity index (χ0v) is 13.7. The number of anilines is 1. The second-order valence-electron chi connectivity index (χ2n) is 6.41. The van der Waals surface area contributed by atoms with E-state index in [9.17, 15) is 4.79 Å². The van der Waals surface area contributed by atoms with Gasteiger partial charge < -0.3 is 4.90 Å². The number of rotatable bonds is 2. The minimum Gasteiger partial charge on any atom is -0.371 e. The summed E-state index contributed by atoms with van der Waals surface area (Å²) in [5.74, 6) is 0.118. The molecule has 3 rings (SSSR count). The maximum absolute atomic E-state index is 11.5. The normalized spacial score (nSPS) is 21.4. The van der Waals surface area contributed by atoms with Gasteiger partial charge in [0.2, 0.25) is 0 Å². The van der Waals surface area contributed by atoms with Gasteiger partial charge >= 0.3 is 0 Å². The third kappa shape index (κ3) is 2.65. The maximum Gasteiger partial charge on any atom is 0.160 e. The number of hydrogen-bond acceptors (Lipinski definition) is 2. The Morgan fingerprint density at radius 1 is 1.15 bits per heavy atom. The molecule has 1 heterocycles. The molecule has 2 fully saturated rings. The van der Waals surface area contributed by atoms with E-state index in [1.54, 1.807) is 6.92 Å². The fraction of sp³-hybridized carbons (Fsp3) is 0.588. The summed E-state index contributed by atoms with van der Waals surface area (Å²) in [5, 5.41) is 0. The molecule has 1 saturated heterocycles. The van der Waals surface area contributed by atoms with E-state index in [1.807, 2.05) is 6.07 Å². The van der Waals surface area contributed by atoms with E-state index in [2.05, 4.69) is 33.0 Å². The topological polar surface area (TPSA) is 20.3 Å². The Labute approximate surface area is 129 Å². The highest BCUT2D eigenvalue weighted by molar-refractivity contribution is 9.10. The lowest BCUT2D eigenvalue weighted by molar-refractivity contribution is 0.101. The molecule has 0 aromatic heterocycles. The summed E-state index contributed by atoms with van der Waals surface area (Å²) >= 11 is 3.53. The monoisotopic (exact) mass is 335 g/mol. The Kier molecular flexibility index (Phi) is 3.89. The molecule has 108 valence electrons. The van der Waals surface area contributed by atoms with Crippen molar-refractivity contribution in [2.24, 2.45) is 5.41 Å². The smallest absolute Gasteiger partial charge is 0.160 e. The van der Waals surface area contributed by atoms with Crippen LogP contribution in [-0.2, 0) is 0 Å². The van der Waals surface area contributed by atoms with Crippen LogP contribution in [0.15, 0.2) is 22.7 Å². The highest BCUT2D eigenvalue weighted by atomic mass is 79.9. The van der Waals surface area contributed by atoms with E-state index >= 15 is 0 Å². The molecule has 1 aromatic rings. The van der Waals surface area contributed by atoms with E-state index in [0.717, 1.165) is 23.1 Å². The molecule has 1 saturated carbocycles. The van der Waals surface area contributed by atoms with Crippen molar-refractivity contribution in [1.82, 2.24) is 0 Å². The first-order valence-electron chi connectivity index (χ1n) is 7.65. The van der Waals surface area contributed by atoms with E-state index < -0.39 is 0 Å². The van der Waals surface area contributed by atoms with Crippen molar-refractivity contribution in [2.75, 3.05) is 18.0 Å². The van der Waals surface area contributed by atoms with Gasteiger partial charge in [-0.05, 0) is 72.2 Å². The van der Waals surface area contributed by atoms with Crippen LogP contribution >= 0.6 is 15.9 Å². The molecule has 1 aliphatic heterocycles. The van der Waals surface area contributed by atoms with Crippen LogP contribution in [0.3, 0.4) is 0 Å². The number of carbonyl (C=O) groups excluding carboxylic acids is 1. The van der Waals surface area contributed by atoms with Crippen LogP contribution in [0.4, 0.5) is 5.69 Å². The average Bonchev–Trinajstić information content (AvgIpc) is 2.87. The second kappa shape index (κ2) is 5.51. The molecule has 3 heteroatoms. The van der Waals surface area contributed by atoms with Crippen LogP contribution < -0.4 is 4.90 Å². The van der Waals surface area contributed by atoms with E-state index in [-0.39, 0.29) is 5.78 Å². The van der Waals surface area contributed by atoms with Crippen LogP contribution in [0.1, 0.15) is 55.8 Å². The summed E-state index contributed by atoms with van der Waals surface area (Å²) in [6, 6.07) is 6.14. The molecular formula is C17H22BrNO. The molecule has 0 unspecified atom stereocenters. The van der Waals surface area contributed by atoms with Gasteiger partial charge in [-0.25, -0.2) is 0 Å². The molecule has 2 nitrogen and oxygen atoms in total. The number of Topliss-reactive ketones (excluding diaryl/α,β-unsaturated/α-hetero) is 1. The van der Waals surface area contributed by atoms with Crippen molar-refractivity contribution in [1.29, 1.82) is 0 Å². The molecule has 0 atom stereocenters. The number of halogens is 1. The first kappa shape index (κ1) is 14.1. The summed E-state index contributed by atoms with van der Waals surface area (Å²) in [4.78, 5) is 14.0. The summed E-state index contributed by atoms with van der Waals surface area (Å²) in [6.07, 6.45) is 8.40. The molecule has 0 N–H and O–H groups in total. The molecule has 2 aliphatic rings. The van der Waals surface area contributed by atoms with Crippen LogP contribution in [0.5, 0.6) is 0 Å². The highest BCUT2D eigenvalue weighted by Gasteiger charge is 2.36. The number of piperidine rings is 1. The minimum absolute atomic E-state index is 0.118. The Bertz CT molecular complexity index is 510. The molecule has 0 bridgehead atoms. The van der Waals surface area contributed by atoms with Crippen LogP contribution in [0.2, 0.25) is 0 Å². The summed E-state index contributed by atoms with van der Waals surface area (Å²) in [7, 11) is 0. The number of carbonyl (C=O) groups is 1. The Balaban J connectivity index is 1.72. The Hall–Kier alpha value is -0.830. The van der Waals surface area contributed by atoms with Gasteiger partial charge in [0, 0.05) is 28.8 Å². The number of ketones is 1. The Morgan fingerprint density at radius 3 is 2.35 bits per heavy atom. The van der Waals surface area contributed by atoms with Gasteiger partial charge in [0.1, 0.15) is 0 Å². The van der Waals surface area contributed by atoms with Gasteiger partial charge in [0.05, 0.1) is 0 Å². The van der Waals surface area contributed by atoms with Gasteiger partial charge in [-0.3, -0.25) is 4.79 Å². The van der Waals surface area contributed by atoms with Gasteiger partial charge in [-0.2, -0.15) is 0 Å². The number of nitrogens with zero attached hydrogens (tertiary/aromatic N) is 1. The molecule has 1 aliphatic carbocycles. The number of hydrogen-bond donors (Lipinski definition) is 0. The molecule has 1 aromatic carbocycles. The SMILES string of the molecule is CC(=O)c1ccc(N2CCC3(CCCC3)CC2)cc1Br. The van der Waals surface area contributed by atoms with Gasteiger partial charge in [-0.1, -0.05) is 12.8 Å². The van der Waals surface area contributed by atoms with Crippen molar-refractivity contribution in [2.45, 2.75) is 45.4 Å².